The minimum atomic E-state index is -4.65. The molecule has 1 fully saturated rings. The van der Waals surface area contributed by atoms with Gasteiger partial charge in [0.05, 0.1) is 29.3 Å². The molecule has 0 unspecified atom stereocenters. The van der Waals surface area contributed by atoms with Crippen LogP contribution in [0.3, 0.4) is 0 Å². The van der Waals surface area contributed by atoms with Crippen molar-refractivity contribution in [3.05, 3.63) is 51.4 Å². The third kappa shape index (κ3) is 3.73. The molecule has 1 aliphatic rings. The fraction of sp³-hybridized carbons (Fsp3) is 0.294. The number of hydrogen-bond acceptors (Lipinski definition) is 6. The Kier molecular flexibility index (Phi) is 5.39. The van der Waals surface area contributed by atoms with Crippen molar-refractivity contribution >= 4 is 43.4 Å². The van der Waals surface area contributed by atoms with Crippen molar-refractivity contribution in [3.63, 3.8) is 0 Å². The monoisotopic (exact) mass is 479 g/mol. The first-order valence-corrected chi connectivity index (χ1v) is 11.2. The van der Waals surface area contributed by atoms with Crippen LogP contribution >= 0.6 is 23.1 Å². The zero-order chi connectivity index (χ0) is 21.7. The van der Waals surface area contributed by atoms with Gasteiger partial charge >= 0.3 is 6.18 Å². The molecule has 7 nitrogen and oxygen atoms in total. The second kappa shape index (κ2) is 7.61. The summed E-state index contributed by atoms with van der Waals surface area (Å²) in [6.07, 6.45) is -4.65. The number of sulfonamides is 1. The first-order chi connectivity index (χ1) is 14.1. The van der Waals surface area contributed by atoms with Crippen molar-refractivity contribution in [1.82, 2.24) is 13.2 Å². The third-order valence-corrected chi connectivity index (χ3v) is 7.90. The average Bonchev–Trinajstić information content (AvgIpc) is 3.04. The van der Waals surface area contributed by atoms with Crippen LogP contribution < -0.4 is 5.56 Å². The quantitative estimate of drug-likeness (QED) is 0.576. The van der Waals surface area contributed by atoms with Crippen LogP contribution in [0.1, 0.15) is 5.69 Å². The molecule has 160 valence electrons. The van der Waals surface area contributed by atoms with Gasteiger partial charge in [-0.05, 0) is 41.9 Å². The molecule has 30 heavy (non-hydrogen) atoms. The van der Waals surface area contributed by atoms with Crippen molar-refractivity contribution in [1.29, 1.82) is 0 Å². The summed E-state index contributed by atoms with van der Waals surface area (Å²) in [7, 11) is -3.95. The van der Waals surface area contributed by atoms with Crippen molar-refractivity contribution in [2.24, 2.45) is 0 Å². The lowest BCUT2D eigenvalue weighted by molar-refractivity contribution is -0.140. The number of rotatable bonds is 3. The molecule has 0 radical (unpaired) electrons. The maximum atomic E-state index is 13.0. The van der Waals surface area contributed by atoms with Crippen molar-refractivity contribution < 1.29 is 26.3 Å². The van der Waals surface area contributed by atoms with E-state index in [1.807, 2.05) is 0 Å². The number of hydrogen-bond donors (Lipinski definition) is 0. The number of benzene rings is 1. The molecular formula is C17H13ClF3N3O4S2. The molecule has 0 bridgehead atoms. The number of aromatic nitrogens is 2. The molecule has 13 heteroatoms. The van der Waals surface area contributed by atoms with E-state index in [-0.39, 0.29) is 52.1 Å². The Morgan fingerprint density at radius 3 is 2.50 bits per heavy atom. The number of halogens is 4. The van der Waals surface area contributed by atoms with E-state index in [2.05, 4.69) is 4.98 Å². The highest BCUT2D eigenvalue weighted by Crippen LogP contribution is 2.31. The number of ether oxygens (including phenoxy) is 1. The highest BCUT2D eigenvalue weighted by Gasteiger charge is 2.33. The molecule has 1 aliphatic heterocycles. The minimum absolute atomic E-state index is 0.000497. The number of fused-ring (bicyclic) bond motifs is 1. The molecular weight excluding hydrogens is 467 g/mol. The normalized spacial score (nSPS) is 16.3. The Balaban J connectivity index is 1.82. The molecule has 2 aromatic heterocycles. The van der Waals surface area contributed by atoms with Crippen LogP contribution in [0.2, 0.25) is 5.02 Å². The Morgan fingerprint density at radius 1 is 1.13 bits per heavy atom. The van der Waals surface area contributed by atoms with Gasteiger partial charge in [0.1, 0.15) is 15.4 Å². The molecule has 1 aromatic carbocycles. The van der Waals surface area contributed by atoms with E-state index in [9.17, 15) is 26.4 Å². The molecule has 3 heterocycles. The van der Waals surface area contributed by atoms with Crippen LogP contribution in [0, 0.1) is 0 Å². The molecule has 0 N–H and O–H groups in total. The number of alkyl halides is 3. The van der Waals surface area contributed by atoms with Crippen molar-refractivity contribution in [2.45, 2.75) is 11.1 Å². The van der Waals surface area contributed by atoms with Gasteiger partial charge in [-0.1, -0.05) is 11.6 Å². The predicted octanol–water partition coefficient (Wildman–Crippen LogP) is 3.14. The lowest BCUT2D eigenvalue weighted by Crippen LogP contribution is -2.40. The van der Waals surface area contributed by atoms with E-state index < -0.39 is 27.5 Å². The van der Waals surface area contributed by atoms with Gasteiger partial charge in [-0.15, -0.1) is 0 Å². The smallest absolute Gasteiger partial charge is 0.379 e. The molecule has 0 spiro atoms. The standard InChI is InChI=1S/C17H13ClF3N3O4S2/c18-12-3-1-10(9-13(12)30(26,27)23-5-7-28-8-6-23)24-16(25)11-2-4-14(17(19,20)21)22-15(11)29-24/h1-4,9H,5-8H2. The Hall–Kier alpha value is -1.99. The van der Waals surface area contributed by atoms with Gasteiger partial charge in [-0.3, -0.25) is 4.79 Å². The maximum Gasteiger partial charge on any atom is 0.433 e. The largest absolute Gasteiger partial charge is 0.433 e. The SMILES string of the molecule is O=c1c2ccc(C(F)(F)F)nc2sn1-c1ccc(Cl)c(S(=O)(=O)N2CCOCC2)c1. The zero-order valence-corrected chi connectivity index (χ0v) is 17.4. The molecule has 0 atom stereocenters. The average molecular weight is 480 g/mol. The van der Waals surface area contributed by atoms with Gasteiger partial charge in [0, 0.05) is 13.1 Å². The van der Waals surface area contributed by atoms with Crippen LogP contribution in [-0.4, -0.2) is 48.0 Å². The number of morpholine rings is 1. The zero-order valence-electron chi connectivity index (χ0n) is 15.0. The Morgan fingerprint density at radius 2 is 1.83 bits per heavy atom. The van der Waals surface area contributed by atoms with E-state index in [1.165, 1.54) is 22.5 Å². The van der Waals surface area contributed by atoms with Crippen LogP contribution in [0.5, 0.6) is 0 Å². The van der Waals surface area contributed by atoms with Crippen LogP contribution in [0.25, 0.3) is 15.9 Å². The molecule has 0 amide bonds. The van der Waals surface area contributed by atoms with E-state index in [0.717, 1.165) is 16.1 Å². The van der Waals surface area contributed by atoms with E-state index >= 15 is 0 Å². The maximum absolute atomic E-state index is 13.0. The molecule has 3 aromatic rings. The van der Waals surface area contributed by atoms with E-state index in [4.69, 9.17) is 16.3 Å². The van der Waals surface area contributed by atoms with Crippen LogP contribution in [0.4, 0.5) is 13.2 Å². The molecule has 0 saturated carbocycles. The van der Waals surface area contributed by atoms with E-state index in [1.54, 1.807) is 0 Å². The predicted molar refractivity (Wildman–Crippen MR) is 105 cm³/mol. The highest BCUT2D eigenvalue weighted by atomic mass is 35.5. The summed E-state index contributed by atoms with van der Waals surface area (Å²) in [5.74, 6) is 0. The number of pyridine rings is 1. The second-order valence-corrected chi connectivity index (χ2v) is 9.62. The summed E-state index contributed by atoms with van der Waals surface area (Å²) in [4.78, 5) is 15.9. The third-order valence-electron chi connectivity index (χ3n) is 4.48. The summed E-state index contributed by atoms with van der Waals surface area (Å²) in [6.45, 7) is 0.824. The summed E-state index contributed by atoms with van der Waals surface area (Å²) >= 11 is 6.81. The van der Waals surface area contributed by atoms with Gasteiger partial charge in [-0.2, -0.15) is 17.5 Å². The van der Waals surface area contributed by atoms with Gasteiger partial charge < -0.3 is 4.74 Å². The first-order valence-electron chi connectivity index (χ1n) is 8.57. The highest BCUT2D eigenvalue weighted by molar-refractivity contribution is 7.89. The van der Waals surface area contributed by atoms with Crippen LogP contribution in [0.15, 0.2) is 40.0 Å². The minimum Gasteiger partial charge on any atom is -0.379 e. The van der Waals surface area contributed by atoms with Crippen LogP contribution in [-0.2, 0) is 20.9 Å². The molecule has 4 rings (SSSR count). The van der Waals surface area contributed by atoms with Gasteiger partial charge in [0.25, 0.3) is 5.56 Å². The molecule has 1 saturated heterocycles. The van der Waals surface area contributed by atoms with Gasteiger partial charge in [-0.25, -0.2) is 17.4 Å². The molecule has 0 aliphatic carbocycles. The summed E-state index contributed by atoms with van der Waals surface area (Å²) in [5.41, 5.74) is -1.56. The summed E-state index contributed by atoms with van der Waals surface area (Å²) < 4.78 is 72.2. The fourth-order valence-corrected chi connectivity index (χ4v) is 5.85. The summed E-state index contributed by atoms with van der Waals surface area (Å²) in [5, 5.41) is -0.0302. The topological polar surface area (TPSA) is 81.5 Å². The summed E-state index contributed by atoms with van der Waals surface area (Å²) in [6, 6.07) is 5.77. The van der Waals surface area contributed by atoms with Gasteiger partial charge in [0.15, 0.2) is 0 Å². The Bertz CT molecular complexity index is 1280. The lowest BCUT2D eigenvalue weighted by Gasteiger charge is -2.26. The van der Waals surface area contributed by atoms with Crippen molar-refractivity contribution in [2.75, 3.05) is 26.3 Å². The second-order valence-electron chi connectivity index (χ2n) is 6.37. The number of nitrogens with zero attached hydrogens (tertiary/aromatic N) is 3. The Labute approximate surface area is 177 Å². The van der Waals surface area contributed by atoms with Gasteiger partial charge in [0.2, 0.25) is 10.0 Å². The lowest BCUT2D eigenvalue weighted by atomic mass is 10.3. The van der Waals surface area contributed by atoms with E-state index in [0.29, 0.717) is 11.5 Å². The first kappa shape index (κ1) is 21.2. The fourth-order valence-electron chi connectivity index (χ4n) is 2.98. The van der Waals surface area contributed by atoms with Crippen molar-refractivity contribution in [3.8, 4) is 5.69 Å².